The van der Waals surface area contributed by atoms with E-state index in [1.165, 1.54) is 24.1 Å². The van der Waals surface area contributed by atoms with E-state index in [0.717, 1.165) is 0 Å². The molecule has 0 amide bonds. The Hall–Kier alpha value is -1.39. The van der Waals surface area contributed by atoms with Gasteiger partial charge in [-0.25, -0.2) is 13.9 Å². The van der Waals surface area contributed by atoms with Gasteiger partial charge in [0.2, 0.25) is 5.54 Å². The molecular formula is C17H28N2O6S. The fourth-order valence-corrected chi connectivity index (χ4v) is 3.55. The highest BCUT2D eigenvalue weighted by Crippen LogP contribution is 2.36. The largest absolute Gasteiger partial charge is 0.460 e. The highest BCUT2D eigenvalue weighted by Gasteiger charge is 2.57. The van der Waals surface area contributed by atoms with Crippen LogP contribution >= 0.6 is 11.9 Å². The SMILES string of the molecule is C=CCOC(=O)C(C[C@@](C)(N)OCC)(C(=O)OCC=C)N1CCOCS1. The van der Waals surface area contributed by atoms with Crippen LogP contribution in [0.1, 0.15) is 20.3 Å². The molecule has 0 radical (unpaired) electrons. The van der Waals surface area contributed by atoms with Crippen molar-refractivity contribution in [1.29, 1.82) is 0 Å². The minimum absolute atomic E-state index is 0.0414. The van der Waals surface area contributed by atoms with E-state index in [4.69, 9.17) is 24.7 Å². The van der Waals surface area contributed by atoms with Crippen LogP contribution in [0.3, 0.4) is 0 Å². The van der Waals surface area contributed by atoms with Crippen molar-refractivity contribution in [3.63, 3.8) is 0 Å². The molecule has 2 N–H and O–H groups in total. The fraction of sp³-hybridized carbons (Fsp3) is 0.647. The van der Waals surface area contributed by atoms with Crippen LogP contribution in [0.25, 0.3) is 0 Å². The molecule has 1 aliphatic rings. The molecule has 1 heterocycles. The smallest absolute Gasteiger partial charge is 0.339 e. The number of rotatable bonds is 11. The summed E-state index contributed by atoms with van der Waals surface area (Å²) in [6.07, 6.45) is 2.70. The summed E-state index contributed by atoms with van der Waals surface area (Å²) in [5.41, 5.74) is 3.17. The predicted octanol–water partition coefficient (Wildman–Crippen LogP) is 1.22. The maximum atomic E-state index is 13.0. The van der Waals surface area contributed by atoms with Crippen LogP contribution in [0.5, 0.6) is 0 Å². The molecule has 0 aliphatic carbocycles. The lowest BCUT2D eigenvalue weighted by Gasteiger charge is -2.43. The zero-order chi connectivity index (χ0) is 19.6. The average molecular weight is 388 g/mol. The molecule has 1 rings (SSSR count). The third-order valence-corrected chi connectivity index (χ3v) is 4.66. The van der Waals surface area contributed by atoms with Gasteiger partial charge in [-0.3, -0.25) is 0 Å². The van der Waals surface area contributed by atoms with Crippen molar-refractivity contribution in [2.45, 2.75) is 31.5 Å². The van der Waals surface area contributed by atoms with Gasteiger partial charge in [-0.15, -0.1) is 0 Å². The summed E-state index contributed by atoms with van der Waals surface area (Å²) in [4.78, 5) is 26.0. The number of carbonyl (C=O) groups excluding carboxylic acids is 2. The van der Waals surface area contributed by atoms with Crippen LogP contribution in [-0.2, 0) is 28.5 Å². The molecule has 1 saturated heterocycles. The monoisotopic (exact) mass is 388 g/mol. The quantitative estimate of drug-likeness (QED) is 0.184. The topological polar surface area (TPSA) is 100 Å². The van der Waals surface area contributed by atoms with Crippen LogP contribution in [0.4, 0.5) is 0 Å². The van der Waals surface area contributed by atoms with Crippen LogP contribution in [0, 0.1) is 0 Å². The molecule has 1 aliphatic heterocycles. The Morgan fingerprint density at radius 3 is 2.27 bits per heavy atom. The van der Waals surface area contributed by atoms with Crippen molar-refractivity contribution in [2.75, 3.05) is 38.9 Å². The minimum Gasteiger partial charge on any atom is -0.460 e. The minimum atomic E-state index is -1.78. The first-order chi connectivity index (χ1) is 12.3. The van der Waals surface area contributed by atoms with Gasteiger partial charge in [0.05, 0.1) is 6.61 Å². The predicted molar refractivity (Wildman–Crippen MR) is 99.0 cm³/mol. The average Bonchev–Trinajstić information content (AvgIpc) is 2.62. The lowest BCUT2D eigenvalue weighted by Crippen LogP contribution is -2.65. The molecule has 8 nitrogen and oxygen atoms in total. The Morgan fingerprint density at radius 1 is 1.27 bits per heavy atom. The van der Waals surface area contributed by atoms with Crippen LogP contribution < -0.4 is 5.73 Å². The molecule has 0 unspecified atom stereocenters. The van der Waals surface area contributed by atoms with Crippen molar-refractivity contribution in [2.24, 2.45) is 5.73 Å². The van der Waals surface area contributed by atoms with Crippen LogP contribution in [0.2, 0.25) is 0 Å². The summed E-state index contributed by atoms with van der Waals surface area (Å²) >= 11 is 1.20. The van der Waals surface area contributed by atoms with Gasteiger partial charge < -0.3 is 24.7 Å². The molecule has 26 heavy (non-hydrogen) atoms. The number of hydrogen-bond donors (Lipinski definition) is 1. The molecule has 0 aromatic rings. The van der Waals surface area contributed by atoms with E-state index in [2.05, 4.69) is 13.2 Å². The Kier molecular flexibility index (Phi) is 9.31. The van der Waals surface area contributed by atoms with E-state index in [0.29, 0.717) is 25.7 Å². The molecule has 9 heteroatoms. The van der Waals surface area contributed by atoms with Gasteiger partial charge in [-0.2, -0.15) is 0 Å². The summed E-state index contributed by atoms with van der Waals surface area (Å²) in [7, 11) is 0. The maximum absolute atomic E-state index is 13.0. The van der Waals surface area contributed by atoms with Crippen molar-refractivity contribution in [1.82, 2.24) is 4.31 Å². The first-order valence-corrected chi connectivity index (χ1v) is 9.25. The second-order valence-corrected chi connectivity index (χ2v) is 6.75. The summed E-state index contributed by atoms with van der Waals surface area (Å²) in [6, 6.07) is 0. The zero-order valence-corrected chi connectivity index (χ0v) is 16.2. The third kappa shape index (κ3) is 5.82. The first kappa shape index (κ1) is 22.7. The molecule has 0 aromatic heterocycles. The van der Waals surface area contributed by atoms with E-state index in [1.807, 2.05) is 0 Å². The molecule has 0 spiro atoms. The van der Waals surface area contributed by atoms with Crippen molar-refractivity contribution >= 4 is 23.9 Å². The Balaban J connectivity index is 3.32. The van der Waals surface area contributed by atoms with Gasteiger partial charge in [0.25, 0.3) is 0 Å². The summed E-state index contributed by atoms with van der Waals surface area (Å²) < 4.78 is 23.0. The number of nitrogens with zero attached hydrogens (tertiary/aromatic N) is 1. The molecule has 148 valence electrons. The number of ether oxygens (including phenoxy) is 4. The van der Waals surface area contributed by atoms with Crippen LogP contribution in [-0.4, -0.2) is 66.4 Å². The van der Waals surface area contributed by atoms with Crippen molar-refractivity contribution in [3.05, 3.63) is 25.3 Å². The van der Waals surface area contributed by atoms with E-state index < -0.39 is 23.2 Å². The normalized spacial score (nSPS) is 17.8. The van der Waals surface area contributed by atoms with E-state index >= 15 is 0 Å². The molecule has 1 atom stereocenters. The number of hydrogen-bond acceptors (Lipinski definition) is 9. The molecular weight excluding hydrogens is 360 g/mol. The Bertz CT molecular complexity index is 481. The second-order valence-electron chi connectivity index (χ2n) is 5.81. The van der Waals surface area contributed by atoms with Crippen LogP contribution in [0.15, 0.2) is 25.3 Å². The van der Waals surface area contributed by atoms with Crippen molar-refractivity contribution < 1.29 is 28.5 Å². The van der Waals surface area contributed by atoms with Gasteiger partial charge >= 0.3 is 11.9 Å². The Morgan fingerprint density at radius 2 is 1.85 bits per heavy atom. The summed E-state index contributed by atoms with van der Waals surface area (Å²) in [5, 5.41) is 0. The molecule has 0 bridgehead atoms. The highest BCUT2D eigenvalue weighted by molar-refractivity contribution is 7.97. The zero-order valence-electron chi connectivity index (χ0n) is 15.4. The van der Waals surface area contributed by atoms with Gasteiger partial charge in [0.15, 0.2) is 0 Å². The maximum Gasteiger partial charge on any atom is 0.339 e. The number of esters is 2. The van der Waals surface area contributed by atoms with Gasteiger partial charge in [0, 0.05) is 19.6 Å². The van der Waals surface area contributed by atoms with Gasteiger partial charge in [-0.1, -0.05) is 25.3 Å². The van der Waals surface area contributed by atoms with E-state index in [1.54, 1.807) is 18.2 Å². The number of nitrogens with two attached hydrogens (primary N) is 1. The van der Waals surface area contributed by atoms with E-state index in [-0.39, 0.29) is 19.6 Å². The first-order valence-electron chi connectivity index (χ1n) is 8.31. The lowest BCUT2D eigenvalue weighted by molar-refractivity contribution is -0.177. The molecule has 0 saturated carbocycles. The van der Waals surface area contributed by atoms with E-state index in [9.17, 15) is 9.59 Å². The second kappa shape index (κ2) is 10.7. The van der Waals surface area contributed by atoms with Gasteiger partial charge in [-0.05, 0) is 25.8 Å². The number of carbonyl (C=O) groups is 2. The molecule has 1 fully saturated rings. The Labute approximate surface area is 158 Å². The highest BCUT2D eigenvalue weighted by atomic mass is 32.2. The summed E-state index contributed by atoms with van der Waals surface area (Å²) in [5.74, 6) is -1.24. The fourth-order valence-electron chi connectivity index (χ4n) is 2.59. The van der Waals surface area contributed by atoms with Gasteiger partial charge in [0.1, 0.15) is 24.9 Å². The van der Waals surface area contributed by atoms with Crippen molar-refractivity contribution in [3.8, 4) is 0 Å². The standard InChI is InChI=1S/C17H28N2O6S/c1-5-9-23-14(20)17(15(21)24-10-6-2,12-16(4,18)25-7-3)19-8-11-22-13-26-19/h5-6H,1-2,7-13,18H2,3-4H3/t16-/m0/s1. The summed E-state index contributed by atoms with van der Waals surface area (Å²) in [6.45, 7) is 11.4. The lowest BCUT2D eigenvalue weighted by atomic mass is 9.89. The molecule has 0 aromatic carbocycles. The third-order valence-electron chi connectivity index (χ3n) is 3.58.